The van der Waals surface area contributed by atoms with E-state index >= 15 is 0 Å². The molecular weight excluding hydrogens is 433 g/mol. The molecule has 2 amide bonds. The van der Waals surface area contributed by atoms with Crippen molar-refractivity contribution in [2.24, 2.45) is 7.05 Å². The van der Waals surface area contributed by atoms with E-state index in [4.69, 9.17) is 11.6 Å². The molecule has 0 unspecified atom stereocenters. The predicted molar refractivity (Wildman–Crippen MR) is 110 cm³/mol. The highest BCUT2D eigenvalue weighted by molar-refractivity contribution is 6.30. The molecular formula is C20H16ClF3N6O. The molecule has 7 nitrogen and oxygen atoms in total. The summed E-state index contributed by atoms with van der Waals surface area (Å²) < 4.78 is 42.4. The maximum Gasteiger partial charge on any atom is 0.435 e. The summed E-state index contributed by atoms with van der Waals surface area (Å²) >= 11 is 5.96. The van der Waals surface area contributed by atoms with Crippen molar-refractivity contribution in [1.82, 2.24) is 24.9 Å². The van der Waals surface area contributed by atoms with Gasteiger partial charge in [-0.15, -0.1) is 0 Å². The van der Waals surface area contributed by atoms with Gasteiger partial charge in [-0.3, -0.25) is 4.68 Å². The van der Waals surface area contributed by atoms with E-state index in [0.29, 0.717) is 16.4 Å². The Kier molecular flexibility index (Phi) is 5.32. The van der Waals surface area contributed by atoms with Crippen LogP contribution in [-0.2, 0) is 19.8 Å². The number of rotatable bonds is 4. The lowest BCUT2D eigenvalue weighted by molar-refractivity contribution is -0.141. The van der Waals surface area contributed by atoms with Crippen LogP contribution >= 0.6 is 11.6 Å². The number of hydrogen-bond donors (Lipinski definition) is 2. The topological polar surface area (TPSA) is 76.8 Å². The second-order valence-electron chi connectivity index (χ2n) is 6.72. The number of amides is 2. The smallest absolute Gasteiger partial charge is 0.332 e. The molecule has 0 spiro atoms. The maximum absolute atomic E-state index is 13.2. The fraction of sp³-hybridized carbons (Fsp3) is 0.150. The molecule has 2 aromatic carbocycles. The Hall–Kier alpha value is -3.53. The molecule has 0 aliphatic heterocycles. The Morgan fingerprint density at radius 1 is 1.16 bits per heavy atom. The minimum atomic E-state index is -4.63. The zero-order chi connectivity index (χ0) is 22.2. The molecule has 2 aromatic heterocycles. The number of halogens is 4. The molecule has 4 rings (SSSR count). The van der Waals surface area contributed by atoms with Crippen LogP contribution < -0.4 is 10.6 Å². The van der Waals surface area contributed by atoms with Gasteiger partial charge in [-0.1, -0.05) is 23.7 Å². The molecule has 0 radical (unpaired) electrons. The molecule has 0 saturated heterocycles. The third kappa shape index (κ3) is 4.33. The fourth-order valence-electron chi connectivity index (χ4n) is 3.14. The minimum absolute atomic E-state index is 0.143. The van der Waals surface area contributed by atoms with E-state index in [1.165, 1.54) is 6.07 Å². The summed E-state index contributed by atoms with van der Waals surface area (Å²) in [6, 6.07) is 11.9. The van der Waals surface area contributed by atoms with Crippen LogP contribution in [-0.4, -0.2) is 25.6 Å². The van der Waals surface area contributed by atoms with Gasteiger partial charge in [-0.25, -0.2) is 9.48 Å². The number of aryl methyl sites for hydroxylation is 1. The van der Waals surface area contributed by atoms with Crippen molar-refractivity contribution in [3.05, 3.63) is 71.1 Å². The van der Waals surface area contributed by atoms with Crippen LogP contribution in [0.4, 0.5) is 23.7 Å². The van der Waals surface area contributed by atoms with Gasteiger partial charge >= 0.3 is 12.2 Å². The summed E-state index contributed by atoms with van der Waals surface area (Å²) in [6.45, 7) is -0.190. The van der Waals surface area contributed by atoms with Gasteiger partial charge < -0.3 is 10.6 Å². The first-order chi connectivity index (χ1) is 14.7. The Balaban J connectivity index is 1.56. The number of urea groups is 1. The third-order valence-corrected chi connectivity index (χ3v) is 4.83. The molecule has 2 N–H and O–H groups in total. The Morgan fingerprint density at radius 3 is 2.68 bits per heavy atom. The number of nitrogens with one attached hydrogen (secondary N) is 2. The molecule has 31 heavy (non-hydrogen) atoms. The van der Waals surface area contributed by atoms with Crippen molar-refractivity contribution in [1.29, 1.82) is 0 Å². The van der Waals surface area contributed by atoms with Gasteiger partial charge in [-0.2, -0.15) is 23.4 Å². The van der Waals surface area contributed by atoms with Gasteiger partial charge in [0.1, 0.15) is 0 Å². The normalized spacial score (nSPS) is 11.6. The van der Waals surface area contributed by atoms with Crippen molar-refractivity contribution in [2.75, 3.05) is 5.32 Å². The van der Waals surface area contributed by atoms with Gasteiger partial charge in [0.2, 0.25) is 0 Å². The average molecular weight is 449 g/mol. The van der Waals surface area contributed by atoms with E-state index in [9.17, 15) is 18.0 Å². The van der Waals surface area contributed by atoms with Crippen molar-refractivity contribution >= 4 is 34.2 Å². The maximum atomic E-state index is 13.2. The van der Waals surface area contributed by atoms with E-state index in [-0.39, 0.29) is 12.2 Å². The first-order valence-corrected chi connectivity index (χ1v) is 9.48. The van der Waals surface area contributed by atoms with Gasteiger partial charge in [-0.05, 0) is 36.4 Å². The quantitative estimate of drug-likeness (QED) is 0.473. The number of aromatic nitrogens is 4. The average Bonchev–Trinajstić information content (AvgIpc) is 3.31. The first-order valence-electron chi connectivity index (χ1n) is 9.10. The summed E-state index contributed by atoms with van der Waals surface area (Å²) in [7, 11) is 1.78. The predicted octanol–water partition coefficient (Wildman–Crippen LogP) is 4.75. The summed E-state index contributed by atoms with van der Waals surface area (Å²) in [6.07, 6.45) is -3.01. The summed E-state index contributed by atoms with van der Waals surface area (Å²) in [5.74, 6) is 0. The zero-order valence-corrected chi connectivity index (χ0v) is 16.9. The summed E-state index contributed by atoms with van der Waals surface area (Å²) in [5.41, 5.74) is 0.781. The molecule has 0 bridgehead atoms. The highest BCUT2D eigenvalue weighted by atomic mass is 35.5. The highest BCUT2D eigenvalue weighted by Crippen LogP contribution is 2.30. The van der Waals surface area contributed by atoms with E-state index in [2.05, 4.69) is 20.8 Å². The molecule has 0 atom stereocenters. The largest absolute Gasteiger partial charge is 0.435 e. The monoisotopic (exact) mass is 448 g/mol. The van der Waals surface area contributed by atoms with Crippen LogP contribution in [0.2, 0.25) is 5.02 Å². The number of alkyl halides is 3. The van der Waals surface area contributed by atoms with Crippen LogP contribution in [0.1, 0.15) is 11.4 Å². The SMILES string of the molecule is Cn1ncc2c(NC(=O)NCc3cc(C(F)(F)F)nn3-c3cccc(Cl)c3)cccc21. The van der Waals surface area contributed by atoms with E-state index in [1.54, 1.807) is 48.3 Å². The van der Waals surface area contributed by atoms with Crippen LogP contribution in [0, 0.1) is 0 Å². The van der Waals surface area contributed by atoms with Gasteiger partial charge in [0.15, 0.2) is 5.69 Å². The van der Waals surface area contributed by atoms with E-state index < -0.39 is 17.9 Å². The highest BCUT2D eigenvalue weighted by Gasteiger charge is 2.35. The Morgan fingerprint density at radius 2 is 1.94 bits per heavy atom. The molecule has 11 heteroatoms. The third-order valence-electron chi connectivity index (χ3n) is 4.60. The zero-order valence-electron chi connectivity index (χ0n) is 16.1. The molecule has 4 aromatic rings. The lowest BCUT2D eigenvalue weighted by Gasteiger charge is -2.11. The molecule has 0 saturated carbocycles. The van der Waals surface area contributed by atoms with E-state index in [0.717, 1.165) is 21.7 Å². The number of fused-ring (bicyclic) bond motifs is 1. The van der Waals surface area contributed by atoms with Crippen LogP contribution in [0.5, 0.6) is 0 Å². The lowest BCUT2D eigenvalue weighted by Crippen LogP contribution is -2.29. The number of hydrogen-bond acceptors (Lipinski definition) is 3. The molecule has 0 aliphatic carbocycles. The second kappa shape index (κ2) is 7.95. The first kappa shape index (κ1) is 20.7. The Labute approximate surface area is 179 Å². The molecule has 0 fully saturated rings. The van der Waals surface area contributed by atoms with Gasteiger partial charge in [0, 0.05) is 17.5 Å². The van der Waals surface area contributed by atoms with Crippen LogP contribution in [0.3, 0.4) is 0 Å². The summed E-state index contributed by atoms with van der Waals surface area (Å²) in [4.78, 5) is 12.4. The fourth-order valence-corrected chi connectivity index (χ4v) is 3.32. The van der Waals surface area contributed by atoms with Crippen molar-refractivity contribution in [3.63, 3.8) is 0 Å². The van der Waals surface area contributed by atoms with Crippen molar-refractivity contribution < 1.29 is 18.0 Å². The number of nitrogens with zero attached hydrogens (tertiary/aromatic N) is 4. The van der Waals surface area contributed by atoms with Crippen LogP contribution in [0.15, 0.2) is 54.7 Å². The number of anilines is 1. The lowest BCUT2D eigenvalue weighted by atomic mass is 10.2. The number of benzene rings is 2. The van der Waals surface area contributed by atoms with Crippen molar-refractivity contribution in [3.8, 4) is 5.69 Å². The van der Waals surface area contributed by atoms with Crippen LogP contribution in [0.25, 0.3) is 16.6 Å². The standard InChI is InChI=1S/C20H16ClF3N6O/c1-29-17-7-3-6-16(15(17)11-26-29)27-19(31)25-10-14-9-18(20(22,23)24)28-30(14)13-5-2-4-12(21)8-13/h2-9,11H,10H2,1H3,(H2,25,27,31). The van der Waals surface area contributed by atoms with E-state index in [1.807, 2.05) is 6.07 Å². The Bertz CT molecular complexity index is 1260. The minimum Gasteiger partial charge on any atom is -0.332 e. The number of carbonyl (C=O) groups excluding carboxylic acids is 1. The molecule has 0 aliphatic rings. The van der Waals surface area contributed by atoms with Crippen molar-refractivity contribution in [2.45, 2.75) is 12.7 Å². The number of carbonyl (C=O) groups is 1. The molecule has 2 heterocycles. The second-order valence-corrected chi connectivity index (χ2v) is 7.16. The molecule has 160 valence electrons. The van der Waals surface area contributed by atoms with Gasteiger partial charge in [0.25, 0.3) is 0 Å². The summed E-state index contributed by atoms with van der Waals surface area (Å²) in [5, 5.41) is 14.2. The van der Waals surface area contributed by atoms with Gasteiger partial charge in [0.05, 0.1) is 35.3 Å².